The summed E-state index contributed by atoms with van der Waals surface area (Å²) in [5.41, 5.74) is 0.824. The zero-order chi connectivity index (χ0) is 15.2. The van der Waals surface area contributed by atoms with Crippen molar-refractivity contribution in [2.24, 2.45) is 0 Å². The van der Waals surface area contributed by atoms with Crippen LogP contribution in [0.1, 0.15) is 38.4 Å². The van der Waals surface area contributed by atoms with Gasteiger partial charge in [0.1, 0.15) is 0 Å². The van der Waals surface area contributed by atoms with Gasteiger partial charge in [-0.15, -0.1) is 0 Å². The van der Waals surface area contributed by atoms with Crippen LogP contribution in [0.25, 0.3) is 10.8 Å². The largest absolute Gasteiger partial charge is 0.460 e. The van der Waals surface area contributed by atoms with Gasteiger partial charge in [-0.2, -0.15) is 0 Å². The van der Waals surface area contributed by atoms with Gasteiger partial charge in [0.15, 0.2) is 6.10 Å². The lowest BCUT2D eigenvalue weighted by Crippen LogP contribution is -2.22. The molecule has 112 valence electrons. The molecule has 0 heterocycles. The van der Waals surface area contributed by atoms with E-state index in [4.69, 9.17) is 9.47 Å². The van der Waals surface area contributed by atoms with Gasteiger partial charge in [0.05, 0.1) is 6.10 Å². The zero-order valence-corrected chi connectivity index (χ0v) is 12.8. The fourth-order valence-electron chi connectivity index (χ4n) is 2.46. The fraction of sp³-hybridized carbons (Fsp3) is 0.389. The molecule has 0 bridgehead atoms. The molecule has 0 spiro atoms. The Hall–Kier alpha value is -1.87. The third-order valence-corrected chi connectivity index (χ3v) is 3.54. The number of fused-ring (bicyclic) bond motifs is 1. The Labute approximate surface area is 125 Å². The molecular formula is C18H22O3. The summed E-state index contributed by atoms with van der Waals surface area (Å²) < 4.78 is 10.8. The first kappa shape index (κ1) is 15.5. The maximum atomic E-state index is 12.2. The van der Waals surface area contributed by atoms with E-state index in [0.29, 0.717) is 0 Å². The summed E-state index contributed by atoms with van der Waals surface area (Å²) in [6.45, 7) is 3.98. The average Bonchev–Trinajstić information content (AvgIpc) is 2.48. The summed E-state index contributed by atoms with van der Waals surface area (Å²) >= 11 is 0. The highest BCUT2D eigenvalue weighted by Crippen LogP contribution is 2.24. The van der Waals surface area contributed by atoms with E-state index in [-0.39, 0.29) is 12.1 Å². The Morgan fingerprint density at radius 1 is 1.14 bits per heavy atom. The van der Waals surface area contributed by atoms with Crippen molar-refractivity contribution >= 4 is 16.7 Å². The minimum atomic E-state index is -0.672. The van der Waals surface area contributed by atoms with Gasteiger partial charge in [-0.05, 0) is 35.7 Å². The molecule has 0 saturated heterocycles. The molecule has 0 aliphatic heterocycles. The maximum Gasteiger partial charge on any atom is 0.340 e. The number of rotatable bonds is 6. The van der Waals surface area contributed by atoms with E-state index < -0.39 is 6.10 Å². The van der Waals surface area contributed by atoms with Crippen LogP contribution in [0.15, 0.2) is 42.5 Å². The summed E-state index contributed by atoms with van der Waals surface area (Å²) in [5.74, 6) is -0.325. The third kappa shape index (κ3) is 3.82. The Morgan fingerprint density at radius 3 is 2.52 bits per heavy atom. The molecule has 21 heavy (non-hydrogen) atoms. The average molecular weight is 286 g/mol. The number of hydrogen-bond donors (Lipinski definition) is 0. The molecule has 3 nitrogen and oxygen atoms in total. The summed E-state index contributed by atoms with van der Waals surface area (Å²) in [4.78, 5) is 12.2. The van der Waals surface area contributed by atoms with Crippen LogP contribution in [0.2, 0.25) is 0 Å². The molecule has 0 aliphatic carbocycles. The highest BCUT2D eigenvalue weighted by molar-refractivity contribution is 5.85. The van der Waals surface area contributed by atoms with Crippen LogP contribution < -0.4 is 0 Å². The molecule has 0 saturated carbocycles. The number of hydrogen-bond acceptors (Lipinski definition) is 3. The van der Waals surface area contributed by atoms with Gasteiger partial charge in [-0.25, -0.2) is 4.79 Å². The van der Waals surface area contributed by atoms with Crippen molar-refractivity contribution in [1.29, 1.82) is 0 Å². The van der Waals surface area contributed by atoms with Gasteiger partial charge in [0.25, 0.3) is 0 Å². The smallest absolute Gasteiger partial charge is 0.340 e. The van der Waals surface area contributed by atoms with Crippen LogP contribution in [0, 0.1) is 0 Å². The standard InChI is InChI=1S/C18H22O3/c1-4-7-13(2)21-18(19)17(20-3)16-11-10-14-8-5-6-9-15(14)12-16/h5-6,8-13,17H,4,7H2,1-3H3/t13-,17+/m0/s1. The van der Waals surface area contributed by atoms with Gasteiger partial charge in [-0.3, -0.25) is 0 Å². The predicted octanol–water partition coefficient (Wildman–Crippen LogP) is 4.26. The van der Waals surface area contributed by atoms with E-state index in [2.05, 4.69) is 6.92 Å². The van der Waals surface area contributed by atoms with Crippen molar-refractivity contribution in [3.8, 4) is 0 Å². The van der Waals surface area contributed by atoms with Crippen LogP contribution in [-0.2, 0) is 14.3 Å². The number of benzene rings is 2. The topological polar surface area (TPSA) is 35.5 Å². The van der Waals surface area contributed by atoms with Gasteiger partial charge in [0.2, 0.25) is 0 Å². The molecule has 0 fully saturated rings. The molecular weight excluding hydrogens is 264 g/mol. The second-order valence-corrected chi connectivity index (χ2v) is 5.26. The first-order valence-electron chi connectivity index (χ1n) is 7.37. The molecule has 0 amide bonds. The van der Waals surface area contributed by atoms with Crippen molar-refractivity contribution in [3.63, 3.8) is 0 Å². The number of carbonyl (C=O) groups excluding carboxylic acids is 1. The highest BCUT2D eigenvalue weighted by Gasteiger charge is 2.23. The second kappa shape index (κ2) is 7.23. The monoisotopic (exact) mass is 286 g/mol. The lowest BCUT2D eigenvalue weighted by molar-refractivity contribution is -0.160. The minimum absolute atomic E-state index is 0.0828. The second-order valence-electron chi connectivity index (χ2n) is 5.26. The third-order valence-electron chi connectivity index (χ3n) is 3.54. The molecule has 2 rings (SSSR count). The lowest BCUT2D eigenvalue weighted by atomic mass is 10.0. The molecule has 2 aromatic carbocycles. The van der Waals surface area contributed by atoms with E-state index >= 15 is 0 Å². The minimum Gasteiger partial charge on any atom is -0.460 e. The first-order valence-corrected chi connectivity index (χ1v) is 7.37. The Morgan fingerprint density at radius 2 is 1.86 bits per heavy atom. The van der Waals surface area contributed by atoms with Crippen molar-refractivity contribution < 1.29 is 14.3 Å². The summed E-state index contributed by atoms with van der Waals surface area (Å²) in [6.07, 6.45) is 1.09. The molecule has 0 N–H and O–H groups in total. The number of esters is 1. The van der Waals surface area contributed by atoms with Crippen molar-refractivity contribution in [2.75, 3.05) is 7.11 Å². The molecule has 2 atom stereocenters. The highest BCUT2D eigenvalue weighted by atomic mass is 16.6. The van der Waals surface area contributed by atoms with Crippen molar-refractivity contribution in [2.45, 2.75) is 38.9 Å². The van der Waals surface area contributed by atoms with E-state index in [0.717, 1.165) is 29.2 Å². The van der Waals surface area contributed by atoms with Crippen molar-refractivity contribution in [3.05, 3.63) is 48.0 Å². The van der Waals surface area contributed by atoms with E-state index in [9.17, 15) is 4.79 Å². The van der Waals surface area contributed by atoms with Crippen LogP contribution in [0.4, 0.5) is 0 Å². The zero-order valence-electron chi connectivity index (χ0n) is 12.8. The molecule has 0 aromatic heterocycles. The fourth-order valence-corrected chi connectivity index (χ4v) is 2.46. The quantitative estimate of drug-likeness (QED) is 0.744. The Balaban J connectivity index is 2.20. The molecule has 0 radical (unpaired) electrons. The number of methoxy groups -OCH3 is 1. The summed E-state index contributed by atoms with van der Waals surface area (Å²) in [5, 5.41) is 2.23. The first-order chi connectivity index (χ1) is 10.2. The molecule has 2 aromatic rings. The molecule has 3 heteroatoms. The van der Waals surface area contributed by atoms with Crippen LogP contribution >= 0.6 is 0 Å². The Bertz CT molecular complexity index is 606. The summed E-state index contributed by atoms with van der Waals surface area (Å²) in [7, 11) is 1.53. The Kier molecular flexibility index (Phi) is 5.34. The van der Waals surface area contributed by atoms with E-state index in [1.165, 1.54) is 7.11 Å². The van der Waals surface area contributed by atoms with Gasteiger partial charge in [-0.1, -0.05) is 49.7 Å². The van der Waals surface area contributed by atoms with E-state index in [1.807, 2.05) is 49.4 Å². The normalized spacial score (nSPS) is 13.9. The predicted molar refractivity (Wildman–Crippen MR) is 84.2 cm³/mol. The SMILES string of the molecule is CCC[C@H](C)OC(=O)[C@H](OC)c1ccc2ccccc2c1. The molecule has 0 aliphatic rings. The van der Waals surface area contributed by atoms with Crippen LogP contribution in [0.3, 0.4) is 0 Å². The number of carbonyl (C=O) groups is 1. The van der Waals surface area contributed by atoms with Crippen LogP contribution in [0.5, 0.6) is 0 Å². The van der Waals surface area contributed by atoms with Crippen LogP contribution in [-0.4, -0.2) is 19.2 Å². The van der Waals surface area contributed by atoms with E-state index in [1.54, 1.807) is 0 Å². The lowest BCUT2D eigenvalue weighted by Gasteiger charge is -2.18. The van der Waals surface area contributed by atoms with Gasteiger partial charge >= 0.3 is 5.97 Å². The van der Waals surface area contributed by atoms with Gasteiger partial charge < -0.3 is 9.47 Å². The number of ether oxygens (including phenoxy) is 2. The van der Waals surface area contributed by atoms with Gasteiger partial charge in [0, 0.05) is 7.11 Å². The summed E-state index contributed by atoms with van der Waals surface area (Å²) in [6, 6.07) is 13.9. The van der Waals surface area contributed by atoms with Crippen molar-refractivity contribution in [1.82, 2.24) is 0 Å². The molecule has 0 unspecified atom stereocenters. The maximum absolute atomic E-state index is 12.2.